The first-order valence-electron chi connectivity index (χ1n) is 9.39. The van der Waals surface area contributed by atoms with E-state index in [-0.39, 0.29) is 24.8 Å². The number of rotatable bonds is 8. The highest BCUT2D eigenvalue weighted by Crippen LogP contribution is 2.42. The van der Waals surface area contributed by atoms with E-state index in [1.54, 1.807) is 6.92 Å². The van der Waals surface area contributed by atoms with E-state index in [1.807, 2.05) is 0 Å². The van der Waals surface area contributed by atoms with Crippen LogP contribution in [-0.4, -0.2) is 59.2 Å². The Morgan fingerprint density at radius 3 is 2.53 bits per heavy atom. The van der Waals surface area contributed by atoms with Crippen molar-refractivity contribution in [3.63, 3.8) is 0 Å². The van der Waals surface area contributed by atoms with Gasteiger partial charge in [-0.05, 0) is 49.9 Å². The van der Waals surface area contributed by atoms with Crippen molar-refractivity contribution in [2.75, 3.05) is 19.7 Å². The second kappa shape index (κ2) is 8.13. The number of aliphatic hydroxyl groups is 1. The Bertz CT molecular complexity index is 826. The van der Waals surface area contributed by atoms with Crippen LogP contribution in [0.4, 0.5) is 18.0 Å². The molecular weight excluding hydrogens is 407 g/mol. The number of ether oxygens (including phenoxy) is 1. The molecule has 1 aliphatic heterocycles. The summed E-state index contributed by atoms with van der Waals surface area (Å²) in [5.74, 6) is -0.873. The molecular formula is C19H22F3N3O5. The summed E-state index contributed by atoms with van der Waals surface area (Å²) < 4.78 is 42.8. The highest BCUT2D eigenvalue weighted by atomic mass is 19.4. The molecule has 0 aromatic heterocycles. The molecule has 2 fully saturated rings. The molecule has 8 nitrogen and oxygen atoms in total. The van der Waals surface area contributed by atoms with Gasteiger partial charge < -0.3 is 20.5 Å². The minimum absolute atomic E-state index is 0.0752. The van der Waals surface area contributed by atoms with E-state index in [2.05, 4.69) is 10.6 Å². The molecule has 1 aromatic rings. The standard InChI is InChI=1S/C19H22F3N3O5/c1-18(11-2-3-11)16(28)25(17(29)24-18)9-15(27)23-8-13(26)10-30-14-6-4-12(5-7-14)19(20,21)22/h4-7,11,13,26H,2-3,8-10H2,1H3,(H,23,27)(H,24,29). The van der Waals surface area contributed by atoms with Gasteiger partial charge in [0.2, 0.25) is 5.91 Å². The fraction of sp³-hybridized carbons (Fsp3) is 0.526. The lowest BCUT2D eigenvalue weighted by Crippen LogP contribution is -2.47. The van der Waals surface area contributed by atoms with Gasteiger partial charge in [0.15, 0.2) is 0 Å². The van der Waals surface area contributed by atoms with E-state index >= 15 is 0 Å². The normalized spacial score (nSPS) is 22.6. The Morgan fingerprint density at radius 2 is 1.97 bits per heavy atom. The molecule has 1 aromatic carbocycles. The molecule has 2 atom stereocenters. The summed E-state index contributed by atoms with van der Waals surface area (Å²) in [5.41, 5.74) is -1.80. The molecule has 1 heterocycles. The first kappa shape index (κ1) is 21.9. The van der Waals surface area contributed by atoms with Crippen LogP contribution in [0.2, 0.25) is 0 Å². The van der Waals surface area contributed by atoms with Crippen LogP contribution in [0.5, 0.6) is 5.75 Å². The van der Waals surface area contributed by atoms with Crippen molar-refractivity contribution in [1.29, 1.82) is 0 Å². The lowest BCUT2D eigenvalue weighted by Gasteiger charge is -2.21. The number of benzene rings is 1. The van der Waals surface area contributed by atoms with Crippen LogP contribution in [0.3, 0.4) is 0 Å². The Labute approximate surface area is 170 Å². The van der Waals surface area contributed by atoms with Crippen molar-refractivity contribution in [3.8, 4) is 5.75 Å². The molecule has 0 bridgehead atoms. The summed E-state index contributed by atoms with van der Waals surface area (Å²) in [4.78, 5) is 37.4. The van der Waals surface area contributed by atoms with Crippen LogP contribution in [0.25, 0.3) is 0 Å². The minimum Gasteiger partial charge on any atom is -0.491 e. The number of alkyl halides is 3. The lowest BCUT2D eigenvalue weighted by atomic mass is 9.96. The average molecular weight is 429 g/mol. The molecule has 3 rings (SSSR count). The van der Waals surface area contributed by atoms with Gasteiger partial charge in [0.1, 0.15) is 30.5 Å². The Kier molecular flexibility index (Phi) is 5.93. The number of aliphatic hydroxyl groups excluding tert-OH is 1. The van der Waals surface area contributed by atoms with E-state index in [9.17, 15) is 32.7 Å². The number of imide groups is 1. The maximum atomic E-state index is 12.5. The SMILES string of the molecule is CC1(C2CC2)NC(=O)N(CC(=O)NCC(O)COc2ccc(C(F)(F)F)cc2)C1=O. The third kappa shape index (κ3) is 4.84. The molecule has 11 heteroatoms. The van der Waals surface area contributed by atoms with Crippen LogP contribution in [0, 0.1) is 5.92 Å². The smallest absolute Gasteiger partial charge is 0.416 e. The molecule has 30 heavy (non-hydrogen) atoms. The predicted molar refractivity (Wildman–Crippen MR) is 97.3 cm³/mol. The van der Waals surface area contributed by atoms with Gasteiger partial charge in [0.05, 0.1) is 5.56 Å². The molecule has 0 radical (unpaired) electrons. The van der Waals surface area contributed by atoms with Crippen molar-refractivity contribution in [2.24, 2.45) is 5.92 Å². The van der Waals surface area contributed by atoms with Crippen LogP contribution in [0.1, 0.15) is 25.3 Å². The maximum Gasteiger partial charge on any atom is 0.416 e. The minimum atomic E-state index is -4.45. The Hall–Kier alpha value is -2.82. The lowest BCUT2D eigenvalue weighted by molar-refractivity contribution is -0.137. The summed E-state index contributed by atoms with van der Waals surface area (Å²) in [6.07, 6.45) is -3.91. The van der Waals surface area contributed by atoms with Crippen LogP contribution in [0.15, 0.2) is 24.3 Å². The fourth-order valence-corrected chi connectivity index (χ4v) is 3.22. The summed E-state index contributed by atoms with van der Waals surface area (Å²) in [5, 5.41) is 14.9. The number of amides is 4. The van der Waals surface area contributed by atoms with E-state index < -0.39 is 47.8 Å². The Balaban J connectivity index is 1.41. The van der Waals surface area contributed by atoms with Gasteiger partial charge >= 0.3 is 12.2 Å². The molecule has 1 saturated heterocycles. The van der Waals surface area contributed by atoms with E-state index in [0.29, 0.717) is 0 Å². The van der Waals surface area contributed by atoms with E-state index in [4.69, 9.17) is 4.74 Å². The number of hydrogen-bond acceptors (Lipinski definition) is 5. The van der Waals surface area contributed by atoms with Crippen molar-refractivity contribution >= 4 is 17.8 Å². The first-order valence-corrected chi connectivity index (χ1v) is 9.39. The van der Waals surface area contributed by atoms with Crippen molar-refractivity contribution in [1.82, 2.24) is 15.5 Å². The second-order valence-electron chi connectivity index (χ2n) is 7.59. The monoisotopic (exact) mass is 429 g/mol. The molecule has 164 valence electrons. The topological polar surface area (TPSA) is 108 Å². The highest BCUT2D eigenvalue weighted by Gasteiger charge is 2.56. The van der Waals surface area contributed by atoms with Gasteiger partial charge in [-0.2, -0.15) is 13.2 Å². The zero-order valence-corrected chi connectivity index (χ0v) is 16.2. The maximum absolute atomic E-state index is 12.5. The summed E-state index contributed by atoms with van der Waals surface area (Å²) in [6, 6.07) is 3.34. The third-order valence-corrected chi connectivity index (χ3v) is 5.16. The van der Waals surface area contributed by atoms with Crippen LogP contribution >= 0.6 is 0 Å². The Morgan fingerprint density at radius 1 is 1.33 bits per heavy atom. The number of urea groups is 1. The van der Waals surface area contributed by atoms with Crippen molar-refractivity contribution in [2.45, 2.75) is 37.6 Å². The highest BCUT2D eigenvalue weighted by molar-refractivity contribution is 6.09. The van der Waals surface area contributed by atoms with Crippen molar-refractivity contribution in [3.05, 3.63) is 29.8 Å². The summed E-state index contributed by atoms with van der Waals surface area (Å²) in [7, 11) is 0. The number of carbonyl (C=O) groups is 3. The summed E-state index contributed by atoms with van der Waals surface area (Å²) in [6.45, 7) is 0.683. The molecule has 2 unspecified atom stereocenters. The molecule has 4 amide bonds. The number of nitrogens with zero attached hydrogens (tertiary/aromatic N) is 1. The van der Waals surface area contributed by atoms with Crippen LogP contribution in [-0.2, 0) is 15.8 Å². The zero-order valence-electron chi connectivity index (χ0n) is 16.2. The second-order valence-corrected chi connectivity index (χ2v) is 7.59. The number of nitrogens with one attached hydrogen (secondary N) is 2. The first-order chi connectivity index (χ1) is 14.0. The molecule has 1 aliphatic carbocycles. The van der Waals surface area contributed by atoms with E-state index in [1.165, 1.54) is 0 Å². The van der Waals surface area contributed by atoms with Gasteiger partial charge in [0, 0.05) is 6.54 Å². The average Bonchev–Trinajstić information content (AvgIpc) is 3.50. The number of halogens is 3. The molecule has 1 saturated carbocycles. The molecule has 3 N–H and O–H groups in total. The van der Waals surface area contributed by atoms with Gasteiger partial charge in [-0.15, -0.1) is 0 Å². The summed E-state index contributed by atoms with van der Waals surface area (Å²) >= 11 is 0. The fourth-order valence-electron chi connectivity index (χ4n) is 3.22. The number of carbonyl (C=O) groups excluding carboxylic acids is 3. The molecule has 2 aliphatic rings. The van der Waals surface area contributed by atoms with Crippen LogP contribution < -0.4 is 15.4 Å². The van der Waals surface area contributed by atoms with Gasteiger partial charge in [-0.1, -0.05) is 0 Å². The molecule has 0 spiro atoms. The van der Waals surface area contributed by atoms with Gasteiger partial charge in [-0.3, -0.25) is 14.5 Å². The quantitative estimate of drug-likeness (QED) is 0.540. The third-order valence-electron chi connectivity index (χ3n) is 5.16. The predicted octanol–water partition coefficient (Wildman–Crippen LogP) is 1.28. The largest absolute Gasteiger partial charge is 0.491 e. The number of hydrogen-bond donors (Lipinski definition) is 3. The zero-order chi connectivity index (χ0) is 22.1. The van der Waals surface area contributed by atoms with E-state index in [0.717, 1.165) is 42.0 Å². The van der Waals surface area contributed by atoms with Crippen molar-refractivity contribution < 1.29 is 37.4 Å². The van der Waals surface area contributed by atoms with Gasteiger partial charge in [0.25, 0.3) is 5.91 Å². The van der Waals surface area contributed by atoms with Gasteiger partial charge in [-0.25, -0.2) is 4.79 Å².